The maximum absolute atomic E-state index is 13.7. The molecule has 8 nitrogen and oxygen atoms in total. The van der Waals surface area contributed by atoms with Crippen LogP contribution in [0, 0.1) is 19.8 Å². The van der Waals surface area contributed by atoms with E-state index in [0.717, 1.165) is 47.4 Å². The molecule has 0 saturated carbocycles. The lowest BCUT2D eigenvalue weighted by Crippen LogP contribution is -2.44. The minimum Gasteiger partial charge on any atom is -0.497 e. The molecule has 0 bridgehead atoms. The Morgan fingerprint density at radius 2 is 1.89 bits per heavy atom. The number of likely N-dealkylation sites (tertiary alicyclic amines) is 1. The molecule has 1 amide bonds. The Morgan fingerprint density at radius 3 is 2.62 bits per heavy atom. The Labute approximate surface area is 219 Å². The van der Waals surface area contributed by atoms with Gasteiger partial charge < -0.3 is 14.2 Å². The summed E-state index contributed by atoms with van der Waals surface area (Å²) in [4.78, 5) is 28.1. The van der Waals surface area contributed by atoms with Crippen molar-refractivity contribution in [3.8, 4) is 11.5 Å². The number of ether oxygens (including phenoxy) is 3. The van der Waals surface area contributed by atoms with Gasteiger partial charge in [-0.05, 0) is 63.9 Å². The van der Waals surface area contributed by atoms with Crippen LogP contribution in [0.2, 0.25) is 0 Å². The molecular formula is C29H37N3O5. The van der Waals surface area contributed by atoms with Gasteiger partial charge in [0.25, 0.3) is 5.91 Å². The van der Waals surface area contributed by atoms with Gasteiger partial charge in [-0.25, -0.2) is 5.01 Å². The molecule has 2 atom stereocenters. The molecule has 2 heterocycles. The number of hydrogen-bond donors (Lipinski definition) is 0. The van der Waals surface area contributed by atoms with E-state index < -0.39 is 0 Å². The van der Waals surface area contributed by atoms with Gasteiger partial charge in [0.2, 0.25) is 0 Å². The van der Waals surface area contributed by atoms with Gasteiger partial charge in [-0.1, -0.05) is 17.7 Å². The van der Waals surface area contributed by atoms with Crippen molar-refractivity contribution in [1.82, 2.24) is 9.91 Å². The predicted molar refractivity (Wildman–Crippen MR) is 142 cm³/mol. The Morgan fingerprint density at radius 1 is 1.08 bits per heavy atom. The number of esters is 1. The Bertz CT molecular complexity index is 1180. The molecule has 0 spiro atoms. The second kappa shape index (κ2) is 11.8. The smallest absolute Gasteiger partial charge is 0.310 e. The predicted octanol–water partition coefficient (Wildman–Crippen LogP) is 4.27. The minimum atomic E-state index is -0.311. The van der Waals surface area contributed by atoms with Crippen LogP contribution < -0.4 is 9.47 Å². The zero-order valence-electron chi connectivity index (χ0n) is 22.5. The molecule has 37 heavy (non-hydrogen) atoms. The summed E-state index contributed by atoms with van der Waals surface area (Å²) in [5.41, 5.74) is 5.06. The molecule has 0 aliphatic carbocycles. The number of nitrogens with zero attached hydrogens (tertiary/aromatic N) is 3. The number of benzene rings is 2. The van der Waals surface area contributed by atoms with Crippen molar-refractivity contribution in [3.05, 3.63) is 58.7 Å². The monoisotopic (exact) mass is 507 g/mol. The van der Waals surface area contributed by atoms with Crippen molar-refractivity contribution in [2.24, 2.45) is 11.0 Å². The van der Waals surface area contributed by atoms with E-state index >= 15 is 0 Å². The summed E-state index contributed by atoms with van der Waals surface area (Å²) in [6.07, 6.45) is 2.21. The summed E-state index contributed by atoms with van der Waals surface area (Å²) < 4.78 is 16.3. The summed E-state index contributed by atoms with van der Waals surface area (Å²) >= 11 is 0. The number of methoxy groups -OCH3 is 2. The van der Waals surface area contributed by atoms with Gasteiger partial charge in [-0.15, -0.1) is 0 Å². The van der Waals surface area contributed by atoms with E-state index in [0.29, 0.717) is 31.1 Å². The van der Waals surface area contributed by atoms with Crippen LogP contribution in [0.25, 0.3) is 0 Å². The van der Waals surface area contributed by atoms with Crippen molar-refractivity contribution < 1.29 is 23.8 Å². The number of aryl methyl sites for hydroxylation is 2. The number of rotatable bonds is 8. The van der Waals surface area contributed by atoms with Crippen molar-refractivity contribution in [1.29, 1.82) is 0 Å². The number of carbonyl (C=O) groups excluding carboxylic acids is 2. The lowest BCUT2D eigenvalue weighted by molar-refractivity contribution is -0.150. The van der Waals surface area contributed by atoms with Gasteiger partial charge in [0, 0.05) is 30.2 Å². The summed E-state index contributed by atoms with van der Waals surface area (Å²) in [6.45, 7) is 7.77. The van der Waals surface area contributed by atoms with Crippen molar-refractivity contribution in [2.75, 3.05) is 40.5 Å². The Kier molecular flexibility index (Phi) is 8.48. The van der Waals surface area contributed by atoms with E-state index in [4.69, 9.17) is 19.3 Å². The topological polar surface area (TPSA) is 80.7 Å². The van der Waals surface area contributed by atoms with Crippen LogP contribution in [0.4, 0.5) is 0 Å². The number of carbonyl (C=O) groups is 2. The first-order valence-corrected chi connectivity index (χ1v) is 12.9. The average molecular weight is 508 g/mol. The van der Waals surface area contributed by atoms with Gasteiger partial charge >= 0.3 is 5.97 Å². The zero-order chi connectivity index (χ0) is 26.5. The standard InChI is InChI=1S/C29H37N3O5/c1-6-37-29(34)21-8-7-13-31(17-21)18-28(33)32-26(23-12-11-22(35-4)15-27(23)36-5)16-25(30-32)24-14-19(2)9-10-20(24)3/h9-12,14-15,21,26H,6-8,13,16-18H2,1-5H3/t21-,26+/m1/s1. The van der Waals surface area contributed by atoms with Gasteiger partial charge in [0.1, 0.15) is 11.5 Å². The highest BCUT2D eigenvalue weighted by atomic mass is 16.5. The number of piperidine rings is 1. The van der Waals surface area contributed by atoms with Gasteiger partial charge in [0.05, 0.1) is 45.0 Å². The molecule has 0 aromatic heterocycles. The van der Waals surface area contributed by atoms with E-state index in [1.54, 1.807) is 19.2 Å². The molecule has 4 rings (SSSR count). The minimum absolute atomic E-state index is 0.104. The quantitative estimate of drug-likeness (QED) is 0.497. The normalized spacial score (nSPS) is 19.9. The molecule has 0 radical (unpaired) electrons. The summed E-state index contributed by atoms with van der Waals surface area (Å²) in [5, 5.41) is 6.49. The van der Waals surface area contributed by atoms with Crippen LogP contribution in [0.1, 0.15) is 54.5 Å². The highest BCUT2D eigenvalue weighted by Gasteiger charge is 2.37. The van der Waals surface area contributed by atoms with E-state index in [1.807, 2.05) is 30.0 Å². The molecule has 2 aliphatic heterocycles. The van der Waals surface area contributed by atoms with E-state index in [2.05, 4.69) is 32.0 Å². The Balaban J connectivity index is 1.63. The molecule has 0 N–H and O–H groups in total. The fourth-order valence-corrected chi connectivity index (χ4v) is 5.20. The molecule has 2 aromatic rings. The third-order valence-corrected chi connectivity index (χ3v) is 7.15. The highest BCUT2D eigenvalue weighted by molar-refractivity contribution is 6.04. The van der Waals surface area contributed by atoms with Crippen LogP contribution in [-0.4, -0.2) is 68.0 Å². The van der Waals surface area contributed by atoms with Gasteiger partial charge in [-0.2, -0.15) is 5.10 Å². The second-order valence-electron chi connectivity index (χ2n) is 9.76. The lowest BCUT2D eigenvalue weighted by atomic mass is 9.94. The summed E-state index contributed by atoms with van der Waals surface area (Å²) in [5.74, 6) is 0.849. The van der Waals surface area contributed by atoms with Crippen LogP contribution in [0.3, 0.4) is 0 Å². The third-order valence-electron chi connectivity index (χ3n) is 7.15. The van der Waals surface area contributed by atoms with E-state index in [-0.39, 0.29) is 30.4 Å². The lowest BCUT2D eigenvalue weighted by Gasteiger charge is -2.32. The van der Waals surface area contributed by atoms with Crippen LogP contribution in [0.5, 0.6) is 11.5 Å². The molecule has 8 heteroatoms. The number of hydrogen-bond acceptors (Lipinski definition) is 7. The summed E-state index contributed by atoms with van der Waals surface area (Å²) in [6, 6.07) is 11.6. The van der Waals surface area contributed by atoms with Crippen LogP contribution >= 0.6 is 0 Å². The Hall–Kier alpha value is -3.39. The van der Waals surface area contributed by atoms with Gasteiger partial charge in [-0.3, -0.25) is 14.5 Å². The zero-order valence-corrected chi connectivity index (χ0v) is 22.5. The maximum atomic E-state index is 13.7. The van der Waals surface area contributed by atoms with Crippen LogP contribution in [0.15, 0.2) is 41.5 Å². The first-order chi connectivity index (χ1) is 17.8. The maximum Gasteiger partial charge on any atom is 0.310 e. The number of hydrazone groups is 1. The molecule has 1 saturated heterocycles. The molecule has 2 aliphatic rings. The first-order valence-electron chi connectivity index (χ1n) is 12.9. The highest BCUT2D eigenvalue weighted by Crippen LogP contribution is 2.39. The van der Waals surface area contributed by atoms with E-state index in [9.17, 15) is 9.59 Å². The average Bonchev–Trinajstić information content (AvgIpc) is 3.35. The van der Waals surface area contributed by atoms with Crippen molar-refractivity contribution in [3.63, 3.8) is 0 Å². The van der Waals surface area contributed by atoms with Crippen molar-refractivity contribution in [2.45, 2.75) is 46.1 Å². The molecule has 1 fully saturated rings. The second-order valence-corrected chi connectivity index (χ2v) is 9.76. The fourth-order valence-electron chi connectivity index (χ4n) is 5.20. The van der Waals surface area contributed by atoms with Crippen molar-refractivity contribution >= 4 is 17.6 Å². The van der Waals surface area contributed by atoms with Gasteiger partial charge in [0.15, 0.2) is 0 Å². The molecule has 0 unspecified atom stereocenters. The third kappa shape index (κ3) is 5.96. The molecule has 2 aromatic carbocycles. The van der Waals surface area contributed by atoms with Crippen LogP contribution in [-0.2, 0) is 14.3 Å². The van der Waals surface area contributed by atoms with E-state index in [1.165, 1.54) is 0 Å². The fraction of sp³-hybridized carbons (Fsp3) is 0.483. The number of amides is 1. The SMILES string of the molecule is CCOC(=O)[C@@H]1CCCN(CC(=O)N2N=C(c3cc(C)ccc3C)C[C@H]2c2ccc(OC)cc2OC)C1. The molecular weight excluding hydrogens is 470 g/mol. The first kappa shape index (κ1) is 26.7. The molecule has 198 valence electrons. The summed E-state index contributed by atoms with van der Waals surface area (Å²) in [7, 11) is 3.23. The largest absolute Gasteiger partial charge is 0.497 e.